The minimum atomic E-state index is -0.821. The van der Waals surface area contributed by atoms with E-state index in [2.05, 4.69) is 25.9 Å². The highest BCUT2D eigenvalue weighted by Crippen LogP contribution is 2.24. The van der Waals surface area contributed by atoms with Crippen molar-refractivity contribution in [3.8, 4) is 0 Å². The van der Waals surface area contributed by atoms with E-state index in [1.807, 2.05) is 6.07 Å². The van der Waals surface area contributed by atoms with Gasteiger partial charge in [0.15, 0.2) is 0 Å². The molecular weight excluding hydrogens is 192 g/mol. The molecule has 1 heterocycles. The minimum Gasteiger partial charge on any atom is -0.481 e. The highest BCUT2D eigenvalue weighted by molar-refractivity contribution is 5.74. The highest BCUT2D eigenvalue weighted by Gasteiger charge is 2.23. The van der Waals surface area contributed by atoms with Gasteiger partial charge in [0.2, 0.25) is 0 Å². The Labute approximate surface area is 89.9 Å². The molecule has 0 aliphatic rings. The molecule has 0 aromatic carbocycles. The third-order valence-corrected chi connectivity index (χ3v) is 2.50. The fourth-order valence-corrected chi connectivity index (χ4v) is 1.38. The summed E-state index contributed by atoms with van der Waals surface area (Å²) < 4.78 is 1.65. The number of carboxylic acids is 1. The number of carbonyl (C=O) groups is 1. The van der Waals surface area contributed by atoms with Crippen molar-refractivity contribution in [3.05, 3.63) is 17.5 Å². The van der Waals surface area contributed by atoms with Crippen LogP contribution in [0.4, 0.5) is 0 Å². The lowest BCUT2D eigenvalue weighted by molar-refractivity contribution is -0.138. The van der Waals surface area contributed by atoms with Crippen LogP contribution < -0.4 is 0 Å². The number of aryl methyl sites for hydroxylation is 1. The number of aliphatic carboxylic acids is 1. The Kier molecular flexibility index (Phi) is 2.88. The molecular formula is C11H18N2O2. The molecule has 0 bridgehead atoms. The van der Waals surface area contributed by atoms with E-state index >= 15 is 0 Å². The first-order valence-corrected chi connectivity index (χ1v) is 5.00. The standard InChI is InChI=1S/C11H18N2O2/c1-7(10(14)15)8-6-9(11(2,3)4)12-13(8)5/h6-7H,1-5H3,(H,14,15). The molecule has 1 unspecified atom stereocenters. The van der Waals surface area contributed by atoms with E-state index in [1.54, 1.807) is 18.7 Å². The van der Waals surface area contributed by atoms with Crippen molar-refractivity contribution in [2.75, 3.05) is 0 Å². The summed E-state index contributed by atoms with van der Waals surface area (Å²) >= 11 is 0. The second kappa shape index (κ2) is 3.68. The van der Waals surface area contributed by atoms with Crippen LogP contribution in [0.15, 0.2) is 6.07 Å². The van der Waals surface area contributed by atoms with Crippen molar-refractivity contribution in [1.29, 1.82) is 0 Å². The largest absolute Gasteiger partial charge is 0.481 e. The molecule has 15 heavy (non-hydrogen) atoms. The van der Waals surface area contributed by atoms with Gasteiger partial charge >= 0.3 is 5.97 Å². The predicted molar refractivity (Wildman–Crippen MR) is 58.0 cm³/mol. The molecule has 0 saturated heterocycles. The van der Waals surface area contributed by atoms with Crippen LogP contribution in [-0.2, 0) is 17.3 Å². The van der Waals surface area contributed by atoms with Gasteiger partial charge in [-0.15, -0.1) is 0 Å². The Morgan fingerprint density at radius 3 is 2.40 bits per heavy atom. The summed E-state index contributed by atoms with van der Waals surface area (Å²) in [6.07, 6.45) is 0. The summed E-state index contributed by atoms with van der Waals surface area (Å²) in [6, 6.07) is 1.87. The molecule has 4 nitrogen and oxygen atoms in total. The van der Waals surface area contributed by atoms with E-state index < -0.39 is 11.9 Å². The lowest BCUT2D eigenvalue weighted by Gasteiger charge is -2.13. The second-order valence-electron chi connectivity index (χ2n) is 4.89. The van der Waals surface area contributed by atoms with Gasteiger partial charge in [0.05, 0.1) is 17.3 Å². The number of hydrogen-bond acceptors (Lipinski definition) is 2. The zero-order valence-electron chi connectivity index (χ0n) is 9.90. The van der Waals surface area contributed by atoms with E-state index in [0.29, 0.717) is 0 Å². The average molecular weight is 210 g/mol. The molecule has 84 valence electrons. The maximum atomic E-state index is 10.9. The van der Waals surface area contributed by atoms with Crippen molar-refractivity contribution >= 4 is 5.97 Å². The first-order chi connectivity index (χ1) is 6.73. The van der Waals surface area contributed by atoms with Gasteiger partial charge in [-0.1, -0.05) is 20.8 Å². The number of hydrogen-bond donors (Lipinski definition) is 1. The topological polar surface area (TPSA) is 55.1 Å². The zero-order valence-corrected chi connectivity index (χ0v) is 9.90. The molecule has 1 aromatic rings. The van der Waals surface area contributed by atoms with Gasteiger partial charge in [-0.25, -0.2) is 0 Å². The molecule has 4 heteroatoms. The van der Waals surface area contributed by atoms with Gasteiger partial charge < -0.3 is 5.11 Å². The van der Waals surface area contributed by atoms with Crippen LogP contribution in [0.5, 0.6) is 0 Å². The summed E-state index contributed by atoms with van der Waals surface area (Å²) in [5, 5.41) is 13.3. The van der Waals surface area contributed by atoms with Crippen LogP contribution in [0.2, 0.25) is 0 Å². The Bertz CT molecular complexity index is 374. The van der Waals surface area contributed by atoms with E-state index in [9.17, 15) is 4.79 Å². The molecule has 1 aromatic heterocycles. The number of aromatic nitrogens is 2. The first-order valence-electron chi connectivity index (χ1n) is 5.00. The van der Waals surface area contributed by atoms with E-state index in [4.69, 9.17) is 5.11 Å². The third-order valence-electron chi connectivity index (χ3n) is 2.50. The quantitative estimate of drug-likeness (QED) is 0.811. The van der Waals surface area contributed by atoms with Crippen molar-refractivity contribution in [2.24, 2.45) is 7.05 Å². The maximum absolute atomic E-state index is 10.9. The predicted octanol–water partition coefficient (Wildman–Crippen LogP) is 1.91. The summed E-state index contributed by atoms with van der Waals surface area (Å²) in [7, 11) is 1.78. The first kappa shape index (κ1) is 11.8. The molecule has 0 spiro atoms. The number of carboxylic acid groups (broad SMARTS) is 1. The van der Waals surface area contributed by atoms with Gasteiger partial charge in [-0.05, 0) is 13.0 Å². The molecule has 0 radical (unpaired) electrons. The molecule has 1 atom stereocenters. The SMILES string of the molecule is CC(C(=O)O)c1cc(C(C)(C)C)nn1C. The fourth-order valence-electron chi connectivity index (χ4n) is 1.38. The Morgan fingerprint density at radius 2 is 2.07 bits per heavy atom. The molecule has 0 fully saturated rings. The second-order valence-corrected chi connectivity index (χ2v) is 4.89. The van der Waals surface area contributed by atoms with Gasteiger partial charge in [0, 0.05) is 12.5 Å². The fraction of sp³-hybridized carbons (Fsp3) is 0.636. The van der Waals surface area contributed by atoms with Crippen molar-refractivity contribution in [3.63, 3.8) is 0 Å². The lowest BCUT2D eigenvalue weighted by atomic mass is 9.91. The van der Waals surface area contributed by atoms with E-state index in [-0.39, 0.29) is 5.41 Å². The molecule has 1 rings (SSSR count). The van der Waals surface area contributed by atoms with Crippen LogP contribution in [0.25, 0.3) is 0 Å². The van der Waals surface area contributed by atoms with Crippen LogP contribution in [0.3, 0.4) is 0 Å². The van der Waals surface area contributed by atoms with Crippen LogP contribution in [0, 0.1) is 0 Å². The van der Waals surface area contributed by atoms with E-state index in [1.165, 1.54) is 0 Å². The minimum absolute atomic E-state index is 0.0474. The molecule has 0 aliphatic carbocycles. The molecule has 0 saturated carbocycles. The van der Waals surface area contributed by atoms with E-state index in [0.717, 1.165) is 11.4 Å². The van der Waals surface area contributed by atoms with Gasteiger partial charge in [-0.2, -0.15) is 5.10 Å². The van der Waals surface area contributed by atoms with Crippen molar-refractivity contribution in [1.82, 2.24) is 9.78 Å². The summed E-state index contributed by atoms with van der Waals surface area (Å²) in [4.78, 5) is 10.9. The number of rotatable bonds is 2. The molecule has 1 N–H and O–H groups in total. The van der Waals surface area contributed by atoms with Gasteiger partial charge in [-0.3, -0.25) is 9.48 Å². The Morgan fingerprint density at radius 1 is 1.53 bits per heavy atom. The Balaban J connectivity index is 3.12. The molecule has 0 amide bonds. The lowest BCUT2D eigenvalue weighted by Crippen LogP contribution is -2.12. The normalized spacial score (nSPS) is 13.9. The monoisotopic (exact) mass is 210 g/mol. The van der Waals surface area contributed by atoms with Crippen molar-refractivity contribution in [2.45, 2.75) is 39.0 Å². The van der Waals surface area contributed by atoms with Crippen LogP contribution in [-0.4, -0.2) is 20.9 Å². The average Bonchev–Trinajstić information content (AvgIpc) is 2.45. The number of nitrogens with zero attached hydrogens (tertiary/aromatic N) is 2. The van der Waals surface area contributed by atoms with Crippen molar-refractivity contribution < 1.29 is 9.90 Å². The Hall–Kier alpha value is -1.32. The van der Waals surface area contributed by atoms with Gasteiger partial charge in [0.25, 0.3) is 0 Å². The summed E-state index contributed by atoms with van der Waals surface area (Å²) in [5.74, 6) is -1.34. The van der Waals surface area contributed by atoms with Gasteiger partial charge in [0.1, 0.15) is 0 Å². The summed E-state index contributed by atoms with van der Waals surface area (Å²) in [6.45, 7) is 7.85. The smallest absolute Gasteiger partial charge is 0.312 e. The highest BCUT2D eigenvalue weighted by atomic mass is 16.4. The molecule has 0 aliphatic heterocycles. The third kappa shape index (κ3) is 2.37. The maximum Gasteiger partial charge on any atom is 0.312 e. The van der Waals surface area contributed by atoms with Crippen LogP contribution in [0.1, 0.15) is 45.0 Å². The zero-order chi connectivity index (χ0) is 11.8. The summed E-state index contributed by atoms with van der Waals surface area (Å²) in [5.41, 5.74) is 1.62. The van der Waals surface area contributed by atoms with Crippen LogP contribution >= 0.6 is 0 Å².